The molecule has 0 fully saturated rings. The van der Waals surface area contributed by atoms with Crippen molar-refractivity contribution in [2.24, 2.45) is 0 Å². The zero-order valence-electron chi connectivity index (χ0n) is 9.28. The first-order chi connectivity index (χ1) is 6.70. The Kier molecular flexibility index (Phi) is 9.29. The normalized spacial score (nSPS) is 13.5. The van der Waals surface area contributed by atoms with Crippen LogP contribution < -0.4 is 0 Å². The molecule has 0 aromatic carbocycles. The van der Waals surface area contributed by atoms with Gasteiger partial charge in [-0.25, -0.2) is 0 Å². The fraction of sp³-hybridized carbons (Fsp3) is 1.00. The number of likely N-dealkylation sites (N-methyl/N-ethyl adjacent to an activating group) is 1. The zero-order chi connectivity index (χ0) is 10.8. The Morgan fingerprint density at radius 2 is 2.14 bits per heavy atom. The number of hydrogen-bond acceptors (Lipinski definition) is 4. The molecule has 0 aromatic rings. The van der Waals surface area contributed by atoms with Gasteiger partial charge in [-0.05, 0) is 13.5 Å². The van der Waals surface area contributed by atoms with Crippen molar-refractivity contribution in [3.05, 3.63) is 0 Å². The molecular formula is C10H23NO3. The molecule has 4 nitrogen and oxygen atoms in total. The van der Waals surface area contributed by atoms with Crippen LogP contribution >= 0.6 is 0 Å². The third-order valence-corrected chi connectivity index (χ3v) is 1.96. The Labute approximate surface area is 86.5 Å². The van der Waals surface area contributed by atoms with E-state index in [-0.39, 0.29) is 6.61 Å². The van der Waals surface area contributed by atoms with E-state index in [1.54, 1.807) is 0 Å². The van der Waals surface area contributed by atoms with Gasteiger partial charge in [0.2, 0.25) is 0 Å². The van der Waals surface area contributed by atoms with Crippen LogP contribution in [0.2, 0.25) is 0 Å². The molecule has 0 aliphatic rings. The molecule has 14 heavy (non-hydrogen) atoms. The van der Waals surface area contributed by atoms with Gasteiger partial charge in [0.15, 0.2) is 0 Å². The fourth-order valence-electron chi connectivity index (χ4n) is 1.14. The van der Waals surface area contributed by atoms with E-state index >= 15 is 0 Å². The predicted molar refractivity (Wildman–Crippen MR) is 56.3 cm³/mol. The molecule has 0 aromatic heterocycles. The van der Waals surface area contributed by atoms with Crippen LogP contribution in [0.4, 0.5) is 0 Å². The largest absolute Gasteiger partial charge is 0.395 e. The lowest BCUT2D eigenvalue weighted by Gasteiger charge is -2.19. The number of aliphatic hydroxyl groups is 2. The summed E-state index contributed by atoms with van der Waals surface area (Å²) in [4.78, 5) is 1.88. The smallest absolute Gasteiger partial charge is 0.0900 e. The molecule has 1 unspecified atom stereocenters. The van der Waals surface area contributed by atoms with E-state index in [1.165, 1.54) is 0 Å². The minimum atomic E-state index is -0.455. The third kappa shape index (κ3) is 8.44. The van der Waals surface area contributed by atoms with Gasteiger partial charge < -0.3 is 19.8 Å². The second kappa shape index (κ2) is 9.40. The quantitative estimate of drug-likeness (QED) is 0.524. The van der Waals surface area contributed by atoms with Crippen LogP contribution in [-0.4, -0.2) is 61.2 Å². The van der Waals surface area contributed by atoms with Crippen LogP contribution in [0.3, 0.4) is 0 Å². The number of rotatable bonds is 9. The van der Waals surface area contributed by atoms with E-state index in [9.17, 15) is 5.11 Å². The molecule has 0 rings (SSSR count). The van der Waals surface area contributed by atoms with Gasteiger partial charge in [0.1, 0.15) is 0 Å². The molecule has 0 heterocycles. The molecule has 0 aliphatic carbocycles. The molecule has 1 atom stereocenters. The highest BCUT2D eigenvalue weighted by Crippen LogP contribution is 1.93. The first kappa shape index (κ1) is 13.8. The molecule has 4 heteroatoms. The van der Waals surface area contributed by atoms with Gasteiger partial charge in [-0.3, -0.25) is 0 Å². The van der Waals surface area contributed by atoms with Crippen LogP contribution in [0.15, 0.2) is 0 Å². The summed E-state index contributed by atoms with van der Waals surface area (Å²) in [7, 11) is 1.87. The molecule has 0 radical (unpaired) electrons. The highest BCUT2D eigenvalue weighted by atomic mass is 16.5. The van der Waals surface area contributed by atoms with Crippen LogP contribution in [-0.2, 0) is 4.74 Å². The van der Waals surface area contributed by atoms with E-state index in [0.29, 0.717) is 19.7 Å². The molecule has 2 N–H and O–H groups in total. The number of aliphatic hydroxyl groups excluding tert-OH is 2. The minimum absolute atomic E-state index is 0.125. The summed E-state index contributed by atoms with van der Waals surface area (Å²) in [6.07, 6.45) is 1.70. The Hall–Kier alpha value is -0.160. The second-order valence-electron chi connectivity index (χ2n) is 3.57. The number of nitrogens with zero attached hydrogens (tertiary/aromatic N) is 1. The van der Waals surface area contributed by atoms with Crippen molar-refractivity contribution in [3.8, 4) is 0 Å². The number of unbranched alkanes of at least 4 members (excludes halogenated alkanes) is 1. The topological polar surface area (TPSA) is 52.9 Å². The van der Waals surface area contributed by atoms with Gasteiger partial charge in [-0.15, -0.1) is 0 Å². The molecule has 0 aliphatic heterocycles. The van der Waals surface area contributed by atoms with Gasteiger partial charge in [-0.1, -0.05) is 13.3 Å². The summed E-state index contributed by atoms with van der Waals surface area (Å²) in [6.45, 7) is 4.47. The van der Waals surface area contributed by atoms with E-state index in [4.69, 9.17) is 9.84 Å². The highest BCUT2D eigenvalue weighted by Gasteiger charge is 2.07. The Morgan fingerprint density at radius 1 is 1.43 bits per heavy atom. The standard InChI is InChI=1S/C10H23NO3/c1-3-4-7-14-9-10(13)8-11(2)5-6-12/h10,12-13H,3-9H2,1-2H3. The lowest BCUT2D eigenvalue weighted by Crippen LogP contribution is -2.33. The van der Waals surface area contributed by atoms with Gasteiger partial charge in [-0.2, -0.15) is 0 Å². The molecule has 0 amide bonds. The maximum Gasteiger partial charge on any atom is 0.0900 e. The monoisotopic (exact) mass is 205 g/mol. The van der Waals surface area contributed by atoms with Crippen molar-refractivity contribution in [2.45, 2.75) is 25.9 Å². The summed E-state index contributed by atoms with van der Waals surface area (Å²) in [5, 5.41) is 18.1. The average Bonchev–Trinajstić information content (AvgIpc) is 2.13. The Morgan fingerprint density at radius 3 is 2.71 bits per heavy atom. The highest BCUT2D eigenvalue weighted by molar-refractivity contribution is 4.59. The first-order valence-corrected chi connectivity index (χ1v) is 5.26. The Balaban J connectivity index is 3.30. The molecule has 0 spiro atoms. The lowest BCUT2D eigenvalue weighted by molar-refractivity contribution is 0.0179. The number of ether oxygens (including phenoxy) is 1. The van der Waals surface area contributed by atoms with E-state index in [1.807, 2.05) is 11.9 Å². The zero-order valence-corrected chi connectivity index (χ0v) is 9.28. The number of hydrogen-bond donors (Lipinski definition) is 2. The SMILES string of the molecule is CCCCOCC(O)CN(C)CCO. The van der Waals surface area contributed by atoms with Crippen molar-refractivity contribution in [3.63, 3.8) is 0 Å². The average molecular weight is 205 g/mol. The molecule has 0 saturated carbocycles. The molecule has 0 bridgehead atoms. The maximum atomic E-state index is 9.50. The van der Waals surface area contributed by atoms with Crippen LogP contribution in [0.5, 0.6) is 0 Å². The van der Waals surface area contributed by atoms with Gasteiger partial charge in [0.05, 0.1) is 19.3 Å². The summed E-state index contributed by atoms with van der Waals surface area (Å²) < 4.78 is 5.28. The van der Waals surface area contributed by atoms with Crippen molar-refractivity contribution < 1.29 is 14.9 Å². The van der Waals surface area contributed by atoms with Gasteiger partial charge in [0.25, 0.3) is 0 Å². The van der Waals surface area contributed by atoms with Crippen molar-refractivity contribution in [2.75, 3.05) is 40.0 Å². The minimum Gasteiger partial charge on any atom is -0.395 e. The second-order valence-corrected chi connectivity index (χ2v) is 3.57. The van der Waals surface area contributed by atoms with Crippen molar-refractivity contribution in [1.82, 2.24) is 4.90 Å². The van der Waals surface area contributed by atoms with Crippen molar-refractivity contribution >= 4 is 0 Å². The van der Waals surface area contributed by atoms with Gasteiger partial charge in [0, 0.05) is 19.7 Å². The maximum absolute atomic E-state index is 9.50. The van der Waals surface area contributed by atoms with E-state index < -0.39 is 6.10 Å². The lowest BCUT2D eigenvalue weighted by atomic mass is 10.3. The van der Waals surface area contributed by atoms with Crippen LogP contribution in [0, 0.1) is 0 Å². The van der Waals surface area contributed by atoms with E-state index in [0.717, 1.165) is 19.4 Å². The summed E-state index contributed by atoms with van der Waals surface area (Å²) in [5.41, 5.74) is 0. The summed E-state index contributed by atoms with van der Waals surface area (Å²) in [5.74, 6) is 0. The molecule has 0 saturated heterocycles. The predicted octanol–water partition coefficient (Wildman–Crippen LogP) is 0.0881. The molecule has 86 valence electrons. The first-order valence-electron chi connectivity index (χ1n) is 5.26. The summed E-state index contributed by atoms with van der Waals surface area (Å²) in [6, 6.07) is 0. The van der Waals surface area contributed by atoms with Crippen LogP contribution in [0.1, 0.15) is 19.8 Å². The summed E-state index contributed by atoms with van der Waals surface area (Å²) >= 11 is 0. The molecular weight excluding hydrogens is 182 g/mol. The third-order valence-electron chi connectivity index (χ3n) is 1.96. The Bertz CT molecular complexity index is 122. The van der Waals surface area contributed by atoms with Crippen molar-refractivity contribution in [1.29, 1.82) is 0 Å². The van der Waals surface area contributed by atoms with E-state index in [2.05, 4.69) is 6.92 Å². The fourth-order valence-corrected chi connectivity index (χ4v) is 1.14. The van der Waals surface area contributed by atoms with Gasteiger partial charge >= 0.3 is 0 Å². The van der Waals surface area contributed by atoms with Crippen LogP contribution in [0.25, 0.3) is 0 Å².